The molecule has 0 aromatic rings. The highest BCUT2D eigenvalue weighted by Crippen LogP contribution is 2.43. The molecule has 0 amide bonds. The molecule has 0 radical (unpaired) electrons. The zero-order valence-corrected chi connectivity index (χ0v) is 36.2. The van der Waals surface area contributed by atoms with Gasteiger partial charge in [-0.05, 0) is 44.6 Å². The number of allylic oxidation sites excluding steroid dienone is 8. The lowest BCUT2D eigenvalue weighted by atomic mass is 10.0. The minimum absolute atomic E-state index is 0.00779. The second kappa shape index (κ2) is 40.8. The van der Waals surface area contributed by atoms with E-state index in [4.69, 9.17) is 24.3 Å². The lowest BCUT2D eigenvalue weighted by Gasteiger charge is -2.19. The summed E-state index contributed by atoms with van der Waals surface area (Å²) < 4.78 is 32.6. The predicted molar refractivity (Wildman–Crippen MR) is 229 cm³/mol. The van der Waals surface area contributed by atoms with Crippen LogP contribution in [0.25, 0.3) is 0 Å². The van der Waals surface area contributed by atoms with Crippen LogP contribution in [0.3, 0.4) is 0 Å². The molecule has 56 heavy (non-hydrogen) atoms. The first-order valence-electron chi connectivity index (χ1n) is 22.1. The van der Waals surface area contributed by atoms with Gasteiger partial charge in [0.15, 0.2) is 11.9 Å². The number of carbonyl (C=O) groups excluding carboxylic acids is 3. The minimum atomic E-state index is -4.43. The molecule has 0 bridgehead atoms. The normalized spacial score (nSPS) is 13.6. The molecule has 0 saturated heterocycles. The van der Waals surface area contributed by atoms with E-state index in [1.54, 1.807) is 6.08 Å². The van der Waals surface area contributed by atoms with Crippen molar-refractivity contribution in [3.05, 3.63) is 48.6 Å². The first kappa shape index (κ1) is 53.6. The number of phosphoric acid groups is 1. The largest absolute Gasteiger partial charge is 0.472 e. The minimum Gasteiger partial charge on any atom is -0.462 e. The highest BCUT2D eigenvalue weighted by atomic mass is 31.2. The van der Waals surface area contributed by atoms with Crippen LogP contribution < -0.4 is 5.73 Å². The van der Waals surface area contributed by atoms with Crippen LogP contribution in [0.2, 0.25) is 0 Å². The number of hydrogen-bond donors (Lipinski definition) is 2. The Morgan fingerprint density at radius 1 is 0.589 bits per heavy atom. The van der Waals surface area contributed by atoms with Gasteiger partial charge < -0.3 is 20.1 Å². The summed E-state index contributed by atoms with van der Waals surface area (Å²) in [5.74, 6) is -1.18. The molecule has 0 heterocycles. The van der Waals surface area contributed by atoms with Gasteiger partial charge in [-0.25, -0.2) is 4.57 Å². The molecule has 0 spiro atoms. The molecule has 0 aliphatic rings. The van der Waals surface area contributed by atoms with Gasteiger partial charge in [-0.1, -0.05) is 172 Å². The first-order valence-corrected chi connectivity index (χ1v) is 23.6. The van der Waals surface area contributed by atoms with E-state index >= 15 is 0 Å². The fraction of sp³-hybridized carbons (Fsp3) is 0.756. The third-order valence-corrected chi connectivity index (χ3v) is 10.2. The van der Waals surface area contributed by atoms with E-state index < -0.39 is 32.5 Å². The SMILES string of the molecule is CCCCC/C=C\C/C=C\C/C=C\C=C\C(=O)CCCC(=O)OC[C@H](COP(=O)(O)OCCN)OC(=O)CCCCCCCCCCCCCCCCCCC. The zero-order chi connectivity index (χ0) is 41.2. The molecule has 0 aliphatic heterocycles. The van der Waals surface area contributed by atoms with Crippen LogP contribution in [0.4, 0.5) is 0 Å². The van der Waals surface area contributed by atoms with Crippen LogP contribution >= 0.6 is 7.82 Å². The standard InChI is InChI=1S/C45H80NO9P/c1-3-5-7-9-11-13-15-17-18-19-20-22-24-26-28-30-32-36-45(49)55-43(41-54-56(50,51)53-39-38-46)40-52-44(48)37-33-35-42(47)34-31-29-27-25-23-21-16-14-12-10-8-6-4-2/h12,14,21,23,27,29,31,34,43H,3-11,13,15-20,22,24-26,28,30,32-33,35-41,46H2,1-2H3,(H,50,51)/b14-12-,23-21-,29-27-,34-31+/t43-/m1/s1. The molecule has 0 aromatic carbocycles. The molecule has 0 saturated carbocycles. The summed E-state index contributed by atoms with van der Waals surface area (Å²) in [6.07, 6.45) is 42.9. The fourth-order valence-corrected chi connectivity index (χ4v) is 6.65. The van der Waals surface area contributed by atoms with E-state index in [-0.39, 0.29) is 44.8 Å². The number of unbranched alkanes of at least 4 members (excludes halogenated alkanes) is 19. The summed E-state index contributed by atoms with van der Waals surface area (Å²) in [5, 5.41) is 0. The quantitative estimate of drug-likeness (QED) is 0.0152. The maximum atomic E-state index is 12.6. The van der Waals surface area contributed by atoms with Gasteiger partial charge in [-0.2, -0.15) is 0 Å². The van der Waals surface area contributed by atoms with Crippen LogP contribution in [0, 0.1) is 0 Å². The van der Waals surface area contributed by atoms with Crippen LogP contribution in [-0.4, -0.2) is 55.1 Å². The van der Waals surface area contributed by atoms with Crippen molar-refractivity contribution in [2.24, 2.45) is 5.73 Å². The van der Waals surface area contributed by atoms with Crippen molar-refractivity contribution in [2.75, 3.05) is 26.4 Å². The summed E-state index contributed by atoms with van der Waals surface area (Å²) in [5.41, 5.74) is 5.33. The molecule has 3 N–H and O–H groups in total. The van der Waals surface area contributed by atoms with Crippen molar-refractivity contribution in [1.29, 1.82) is 0 Å². The third-order valence-electron chi connectivity index (χ3n) is 9.19. The number of esters is 2. The number of phosphoric ester groups is 1. The summed E-state index contributed by atoms with van der Waals surface area (Å²) in [7, 11) is -4.43. The second-order valence-corrected chi connectivity index (χ2v) is 16.1. The van der Waals surface area contributed by atoms with E-state index in [1.165, 1.54) is 109 Å². The molecule has 1 unspecified atom stereocenters. The number of ketones is 1. The van der Waals surface area contributed by atoms with Gasteiger partial charge in [0.25, 0.3) is 0 Å². The van der Waals surface area contributed by atoms with E-state index in [0.29, 0.717) is 12.8 Å². The van der Waals surface area contributed by atoms with Crippen molar-refractivity contribution in [3.63, 3.8) is 0 Å². The molecule has 324 valence electrons. The Labute approximate surface area is 341 Å². The van der Waals surface area contributed by atoms with Gasteiger partial charge in [-0.3, -0.25) is 23.4 Å². The van der Waals surface area contributed by atoms with Gasteiger partial charge in [0.05, 0.1) is 13.2 Å². The summed E-state index contributed by atoms with van der Waals surface area (Å²) in [4.78, 5) is 47.0. The summed E-state index contributed by atoms with van der Waals surface area (Å²) in [6, 6.07) is 0. The number of carbonyl (C=O) groups is 3. The van der Waals surface area contributed by atoms with Crippen LogP contribution in [0.1, 0.15) is 187 Å². The number of hydrogen-bond acceptors (Lipinski definition) is 9. The summed E-state index contributed by atoms with van der Waals surface area (Å²) in [6.45, 7) is 3.44. The lowest BCUT2D eigenvalue weighted by Crippen LogP contribution is -2.29. The summed E-state index contributed by atoms with van der Waals surface area (Å²) >= 11 is 0. The van der Waals surface area contributed by atoms with Crippen molar-refractivity contribution in [1.82, 2.24) is 0 Å². The van der Waals surface area contributed by atoms with Crippen molar-refractivity contribution in [3.8, 4) is 0 Å². The average Bonchev–Trinajstić information content (AvgIpc) is 3.18. The highest BCUT2D eigenvalue weighted by Gasteiger charge is 2.26. The molecule has 10 nitrogen and oxygen atoms in total. The Kier molecular flexibility index (Phi) is 39.1. The monoisotopic (exact) mass is 810 g/mol. The van der Waals surface area contributed by atoms with Gasteiger partial charge in [-0.15, -0.1) is 0 Å². The predicted octanol–water partition coefficient (Wildman–Crippen LogP) is 11.9. The molecule has 0 aromatic heterocycles. The molecule has 0 fully saturated rings. The van der Waals surface area contributed by atoms with Crippen LogP contribution in [0.5, 0.6) is 0 Å². The van der Waals surface area contributed by atoms with Crippen molar-refractivity contribution < 1.29 is 42.4 Å². The van der Waals surface area contributed by atoms with Gasteiger partial charge in [0.1, 0.15) is 6.61 Å². The Balaban J connectivity index is 4.32. The lowest BCUT2D eigenvalue weighted by molar-refractivity contribution is -0.161. The molecule has 0 rings (SSSR count). The fourth-order valence-electron chi connectivity index (χ4n) is 5.88. The van der Waals surface area contributed by atoms with Gasteiger partial charge in [0, 0.05) is 25.8 Å². The molecular weight excluding hydrogens is 729 g/mol. The van der Waals surface area contributed by atoms with E-state index in [1.807, 2.05) is 12.2 Å². The molecule has 11 heteroatoms. The van der Waals surface area contributed by atoms with E-state index in [2.05, 4.69) is 38.2 Å². The average molecular weight is 810 g/mol. The Morgan fingerprint density at radius 2 is 1.11 bits per heavy atom. The van der Waals surface area contributed by atoms with E-state index in [9.17, 15) is 23.8 Å². The maximum absolute atomic E-state index is 12.6. The Morgan fingerprint density at radius 3 is 1.70 bits per heavy atom. The highest BCUT2D eigenvalue weighted by molar-refractivity contribution is 7.47. The molecular formula is C45H80NO9P. The van der Waals surface area contributed by atoms with Crippen LogP contribution in [0.15, 0.2) is 48.6 Å². The van der Waals surface area contributed by atoms with Crippen molar-refractivity contribution in [2.45, 2.75) is 193 Å². The maximum Gasteiger partial charge on any atom is 0.472 e. The smallest absolute Gasteiger partial charge is 0.462 e. The molecule has 0 aliphatic carbocycles. The van der Waals surface area contributed by atoms with E-state index in [0.717, 1.165) is 38.5 Å². The number of ether oxygens (including phenoxy) is 2. The Hall–Kier alpha value is -2.36. The third kappa shape index (κ3) is 39.9. The zero-order valence-electron chi connectivity index (χ0n) is 35.4. The van der Waals surface area contributed by atoms with Gasteiger partial charge in [0.2, 0.25) is 0 Å². The van der Waals surface area contributed by atoms with Crippen LogP contribution in [-0.2, 0) is 37.5 Å². The topological polar surface area (TPSA) is 151 Å². The van der Waals surface area contributed by atoms with Crippen molar-refractivity contribution >= 4 is 25.5 Å². The number of nitrogens with two attached hydrogens (primary N) is 1. The molecule has 2 atom stereocenters. The first-order chi connectivity index (χ1) is 27.2. The van der Waals surface area contributed by atoms with Gasteiger partial charge >= 0.3 is 19.8 Å². The number of rotatable bonds is 41. The Bertz CT molecular complexity index is 1120. The second-order valence-electron chi connectivity index (χ2n) is 14.6.